The maximum Gasteiger partial charge on any atom is 0.354 e. The first-order valence-corrected chi connectivity index (χ1v) is 11.9. The van der Waals surface area contributed by atoms with Gasteiger partial charge in [0.15, 0.2) is 19.9 Å². The first-order valence-electron chi connectivity index (χ1n) is 9.48. The van der Waals surface area contributed by atoms with Crippen molar-refractivity contribution in [3.8, 4) is 0 Å². The molecule has 0 aliphatic heterocycles. The van der Waals surface area contributed by atoms with Crippen molar-refractivity contribution in [1.82, 2.24) is 4.98 Å². The van der Waals surface area contributed by atoms with Gasteiger partial charge < -0.3 is 10.4 Å². The maximum absolute atomic E-state index is 14.3. The van der Waals surface area contributed by atoms with E-state index in [2.05, 4.69) is 9.68 Å². The van der Waals surface area contributed by atoms with Crippen LogP contribution in [-0.2, 0) is 41.2 Å². The normalized spacial score (nSPS) is 17.6. The number of carbonyl (C=O) groups excluding carboxylic acids is 1. The molecule has 2 aromatic rings. The number of nitrogens with one attached hydrogen (secondary N) is 1. The number of aromatic nitrogens is 1. The van der Waals surface area contributed by atoms with Crippen molar-refractivity contribution in [3.63, 3.8) is 0 Å². The van der Waals surface area contributed by atoms with Gasteiger partial charge in [0.05, 0.1) is 11.3 Å². The molecule has 4 N–H and O–H groups in total. The van der Waals surface area contributed by atoms with Crippen molar-refractivity contribution in [1.29, 1.82) is 0 Å². The number of amides is 2. The van der Waals surface area contributed by atoms with E-state index in [0.29, 0.717) is 5.69 Å². The number of aryl methyl sites for hydroxylation is 2. The van der Waals surface area contributed by atoms with E-state index in [1.165, 1.54) is 13.8 Å². The van der Waals surface area contributed by atoms with E-state index in [0.717, 1.165) is 78.4 Å². The third-order valence-electron chi connectivity index (χ3n) is 5.23. The average molecular weight is 439 g/mol. The minimum Gasteiger partial charge on any atom is -0.385 e. The Hall–Kier alpha value is -1.88. The zero-order valence-electron chi connectivity index (χ0n) is 16.2. The summed E-state index contributed by atoms with van der Waals surface area (Å²) in [5.41, 5.74) is 3.38. The van der Waals surface area contributed by atoms with E-state index >= 15 is 0 Å². The Morgan fingerprint density at radius 2 is 1.86 bits per heavy atom. The Balaban J connectivity index is 1.68. The summed E-state index contributed by atoms with van der Waals surface area (Å²) in [7, 11) is -3.80. The summed E-state index contributed by atoms with van der Waals surface area (Å²) in [4.78, 5) is 17.6. The Labute approximate surface area is 172 Å². The smallest absolute Gasteiger partial charge is 0.354 e. The summed E-state index contributed by atoms with van der Waals surface area (Å²) in [6.45, 7) is 2.96. The van der Waals surface area contributed by atoms with Crippen LogP contribution in [0.15, 0.2) is 14.6 Å². The molecular formula is C19H23FN4O3S2. The number of hydrogen-bond donors (Lipinski definition) is 3. The molecule has 4 rings (SSSR count). The fraction of sp³-hybridized carbons (Fsp3) is 0.474. The third kappa shape index (κ3) is 3.81. The molecule has 10 heteroatoms. The lowest BCUT2D eigenvalue weighted by Gasteiger charge is -2.14. The highest BCUT2D eigenvalue weighted by Gasteiger charge is 2.28. The van der Waals surface area contributed by atoms with E-state index in [4.69, 9.17) is 10.1 Å². The van der Waals surface area contributed by atoms with Crippen LogP contribution in [0.5, 0.6) is 0 Å². The van der Waals surface area contributed by atoms with Crippen LogP contribution in [0.3, 0.4) is 0 Å². The Bertz CT molecular complexity index is 1100. The summed E-state index contributed by atoms with van der Waals surface area (Å²) in [6, 6.07) is 0.201. The third-order valence-corrected chi connectivity index (χ3v) is 8.57. The van der Waals surface area contributed by atoms with Crippen LogP contribution in [0.2, 0.25) is 0 Å². The lowest BCUT2D eigenvalue weighted by Crippen LogP contribution is -2.19. The van der Waals surface area contributed by atoms with Crippen molar-refractivity contribution >= 4 is 33.0 Å². The van der Waals surface area contributed by atoms with Gasteiger partial charge in [0.2, 0.25) is 0 Å². The second-order valence-corrected chi connectivity index (χ2v) is 11.0. The van der Waals surface area contributed by atoms with Gasteiger partial charge in [0.25, 0.3) is 0 Å². The number of pyridine rings is 1. The molecule has 2 amide bonds. The van der Waals surface area contributed by atoms with Crippen LogP contribution in [0.25, 0.3) is 0 Å². The van der Waals surface area contributed by atoms with Crippen LogP contribution < -0.4 is 10.5 Å². The van der Waals surface area contributed by atoms with Gasteiger partial charge in [-0.1, -0.05) is 0 Å². The van der Waals surface area contributed by atoms with E-state index in [-0.39, 0.29) is 9.09 Å². The molecule has 0 saturated heterocycles. The van der Waals surface area contributed by atoms with E-state index in [1.54, 1.807) is 0 Å². The summed E-state index contributed by atoms with van der Waals surface area (Å²) in [5, 5.41) is 18.5. The number of urea groups is 1. The summed E-state index contributed by atoms with van der Waals surface area (Å²) < 4.78 is 30.4. The summed E-state index contributed by atoms with van der Waals surface area (Å²) in [5.74, 6) is -0.845. The van der Waals surface area contributed by atoms with Gasteiger partial charge in [-0.2, -0.15) is 0 Å². The zero-order valence-corrected chi connectivity index (χ0v) is 17.9. The van der Waals surface area contributed by atoms with Gasteiger partial charge in [-0.3, -0.25) is 4.98 Å². The maximum atomic E-state index is 14.3. The molecule has 2 aromatic heterocycles. The minimum absolute atomic E-state index is 0.253. The fourth-order valence-corrected chi connectivity index (χ4v) is 6.22. The summed E-state index contributed by atoms with van der Waals surface area (Å²) >= 11 is 0.753. The molecule has 156 valence electrons. The highest BCUT2D eigenvalue weighted by molar-refractivity contribution is 7.93. The molecule has 0 aromatic carbocycles. The monoisotopic (exact) mass is 438 g/mol. The van der Waals surface area contributed by atoms with Crippen molar-refractivity contribution in [2.45, 2.75) is 62.2 Å². The van der Waals surface area contributed by atoms with Crippen LogP contribution in [0.4, 0.5) is 14.9 Å². The number of halogens is 1. The number of carbonyl (C=O) groups is 1. The van der Waals surface area contributed by atoms with Crippen LogP contribution in [-0.4, -0.2) is 20.3 Å². The zero-order chi connectivity index (χ0) is 21.0. The fourth-order valence-electron chi connectivity index (χ4n) is 3.88. The molecule has 2 heterocycles. The molecule has 0 radical (unpaired) electrons. The number of aliphatic hydroxyl groups is 1. The largest absolute Gasteiger partial charge is 0.385 e. The Kier molecular flexibility index (Phi) is 5.01. The van der Waals surface area contributed by atoms with Gasteiger partial charge in [0.1, 0.15) is 0 Å². The number of fused-ring (bicyclic) bond motifs is 2. The number of thiophene rings is 1. The standard InChI is InChI=1S/C19H23FN4O3S2/c1-19(2,26)15-9-12(20)17(28-15)29(21,27)24-18(25)23-16-10-5-3-7-13(10)22-14-8-4-6-11(14)16/h9,26H,3-8H2,1-2H3,(H3,21,22,23,24,25,27)/t29-/m0/s1. The van der Waals surface area contributed by atoms with Crippen molar-refractivity contribution in [3.05, 3.63) is 39.3 Å². The van der Waals surface area contributed by atoms with E-state index in [9.17, 15) is 18.5 Å². The number of hydrogen-bond acceptors (Lipinski definition) is 5. The Morgan fingerprint density at radius 1 is 1.28 bits per heavy atom. The quantitative estimate of drug-likeness (QED) is 0.680. The number of rotatable bonds is 3. The van der Waals surface area contributed by atoms with Gasteiger partial charge in [0, 0.05) is 16.3 Å². The highest BCUT2D eigenvalue weighted by atomic mass is 32.2. The predicted octanol–water partition coefficient (Wildman–Crippen LogP) is 3.42. The molecule has 0 spiro atoms. The molecule has 1 atom stereocenters. The average Bonchev–Trinajstić information content (AvgIpc) is 3.31. The molecule has 2 aliphatic carbocycles. The van der Waals surface area contributed by atoms with Crippen LogP contribution >= 0.6 is 11.3 Å². The Morgan fingerprint density at radius 3 is 2.38 bits per heavy atom. The molecule has 0 fully saturated rings. The van der Waals surface area contributed by atoms with E-state index < -0.39 is 27.4 Å². The first kappa shape index (κ1) is 20.4. The topological polar surface area (TPSA) is 118 Å². The van der Waals surface area contributed by atoms with Gasteiger partial charge in [-0.25, -0.2) is 18.5 Å². The van der Waals surface area contributed by atoms with Gasteiger partial charge in [-0.05, 0) is 69.6 Å². The SMILES string of the molecule is CC(C)(O)c1cc(F)c([S@@](N)(=O)=NC(=O)Nc2c3c(nc4c2CCC4)CCC3)s1. The van der Waals surface area contributed by atoms with E-state index in [1.807, 2.05) is 0 Å². The van der Waals surface area contributed by atoms with Gasteiger partial charge >= 0.3 is 6.03 Å². The van der Waals surface area contributed by atoms with Crippen molar-refractivity contribution < 1.29 is 18.5 Å². The lowest BCUT2D eigenvalue weighted by atomic mass is 10.1. The second kappa shape index (κ2) is 7.12. The molecular weight excluding hydrogens is 415 g/mol. The molecule has 7 nitrogen and oxygen atoms in total. The van der Waals surface area contributed by atoms with Crippen LogP contribution in [0, 0.1) is 5.82 Å². The number of nitrogens with two attached hydrogens (primary N) is 1. The molecule has 0 unspecified atom stereocenters. The first-order chi connectivity index (χ1) is 13.6. The van der Waals surface area contributed by atoms with Crippen molar-refractivity contribution in [2.24, 2.45) is 9.50 Å². The molecule has 0 bridgehead atoms. The number of anilines is 1. The molecule has 29 heavy (non-hydrogen) atoms. The highest BCUT2D eigenvalue weighted by Crippen LogP contribution is 2.37. The van der Waals surface area contributed by atoms with Crippen LogP contribution in [0.1, 0.15) is 54.1 Å². The van der Waals surface area contributed by atoms with Gasteiger partial charge in [-0.15, -0.1) is 15.7 Å². The van der Waals surface area contributed by atoms with Crippen molar-refractivity contribution in [2.75, 3.05) is 5.32 Å². The number of nitrogens with zero attached hydrogens (tertiary/aromatic N) is 2. The summed E-state index contributed by atoms with van der Waals surface area (Å²) in [6.07, 6.45) is 5.32. The molecule has 2 aliphatic rings. The minimum atomic E-state index is -3.80. The lowest BCUT2D eigenvalue weighted by molar-refractivity contribution is 0.0823. The molecule has 0 saturated carbocycles. The predicted molar refractivity (Wildman–Crippen MR) is 110 cm³/mol. The second-order valence-electron chi connectivity index (χ2n) is 7.94.